The van der Waals surface area contributed by atoms with Gasteiger partial charge in [0.05, 0.1) is 6.10 Å². The highest BCUT2D eigenvalue weighted by atomic mass is 16.5. The molecule has 0 bridgehead atoms. The van der Waals surface area contributed by atoms with Crippen LogP contribution in [0.3, 0.4) is 0 Å². The lowest BCUT2D eigenvalue weighted by atomic mass is 10.1. The van der Waals surface area contributed by atoms with Gasteiger partial charge in [-0.15, -0.1) is 0 Å². The minimum absolute atomic E-state index is 0.00849. The van der Waals surface area contributed by atoms with Crippen molar-refractivity contribution in [3.05, 3.63) is 27.4 Å². The molecule has 1 atom stereocenters. The van der Waals surface area contributed by atoms with E-state index in [1.165, 1.54) is 6.42 Å². The van der Waals surface area contributed by atoms with Gasteiger partial charge in [0.15, 0.2) is 0 Å². The summed E-state index contributed by atoms with van der Waals surface area (Å²) in [6.07, 6.45) is 4.42. The predicted octanol–water partition coefficient (Wildman–Crippen LogP) is 1.00. The Morgan fingerprint density at radius 2 is 2.24 bits per heavy atom. The van der Waals surface area contributed by atoms with Gasteiger partial charge >= 0.3 is 5.69 Å². The summed E-state index contributed by atoms with van der Waals surface area (Å²) < 4.78 is 5.58. The smallest absolute Gasteiger partial charge is 0.345 e. The van der Waals surface area contributed by atoms with Crippen LogP contribution in [0, 0.1) is 13.8 Å². The van der Waals surface area contributed by atoms with Crippen molar-refractivity contribution in [3.8, 4) is 0 Å². The fourth-order valence-electron chi connectivity index (χ4n) is 2.65. The second kappa shape index (κ2) is 7.36. The molecule has 2 heterocycles. The summed E-state index contributed by atoms with van der Waals surface area (Å²) in [6.45, 7) is 5.01. The average Bonchev–Trinajstić information content (AvgIpc) is 2.45. The highest BCUT2D eigenvalue weighted by molar-refractivity contribution is 5.76. The maximum absolute atomic E-state index is 11.9. The molecule has 6 nitrogen and oxygen atoms in total. The van der Waals surface area contributed by atoms with Crippen LogP contribution in [0.15, 0.2) is 4.79 Å². The van der Waals surface area contributed by atoms with Gasteiger partial charge in [-0.25, -0.2) is 4.79 Å². The molecular formula is C15H23N3O3. The molecule has 0 radical (unpaired) electrons. The van der Waals surface area contributed by atoms with E-state index < -0.39 is 0 Å². The Bertz CT molecular complexity index is 521. The zero-order valence-corrected chi connectivity index (χ0v) is 12.7. The lowest BCUT2D eigenvalue weighted by Gasteiger charge is -2.22. The lowest BCUT2D eigenvalue weighted by molar-refractivity contribution is -0.122. The summed E-state index contributed by atoms with van der Waals surface area (Å²) in [4.78, 5) is 29.6. The lowest BCUT2D eigenvalue weighted by Crippen LogP contribution is -2.35. The van der Waals surface area contributed by atoms with E-state index >= 15 is 0 Å². The average molecular weight is 293 g/mol. The minimum Gasteiger partial charge on any atom is -0.376 e. The van der Waals surface area contributed by atoms with Gasteiger partial charge in [-0.1, -0.05) is 0 Å². The van der Waals surface area contributed by atoms with Crippen LogP contribution in [0.5, 0.6) is 0 Å². The zero-order chi connectivity index (χ0) is 15.2. The summed E-state index contributed by atoms with van der Waals surface area (Å²) in [5.74, 6) is 0.00849. The Hall–Kier alpha value is -1.69. The Kier molecular flexibility index (Phi) is 5.50. The quantitative estimate of drug-likeness (QED) is 0.848. The van der Waals surface area contributed by atoms with Gasteiger partial charge in [-0.05, 0) is 45.1 Å². The van der Waals surface area contributed by atoms with Crippen LogP contribution < -0.4 is 11.0 Å². The SMILES string of the molecule is Cc1nc(=O)[nH]c(C)c1CCC(=O)NC[C@H]1CCCCO1. The van der Waals surface area contributed by atoms with Gasteiger partial charge < -0.3 is 15.0 Å². The summed E-state index contributed by atoms with van der Waals surface area (Å²) >= 11 is 0. The fraction of sp³-hybridized carbons (Fsp3) is 0.667. The molecule has 0 aromatic carbocycles. The number of hydrogen-bond donors (Lipinski definition) is 2. The number of aryl methyl sites for hydroxylation is 2. The van der Waals surface area contributed by atoms with E-state index in [9.17, 15) is 9.59 Å². The van der Waals surface area contributed by atoms with Crippen molar-refractivity contribution >= 4 is 5.91 Å². The second-order valence-corrected chi connectivity index (χ2v) is 5.52. The van der Waals surface area contributed by atoms with E-state index in [1.54, 1.807) is 6.92 Å². The first-order valence-corrected chi connectivity index (χ1v) is 7.51. The molecule has 1 aromatic heterocycles. The molecule has 1 aromatic rings. The maximum atomic E-state index is 11.9. The van der Waals surface area contributed by atoms with E-state index in [1.807, 2.05) is 6.92 Å². The number of nitrogens with zero attached hydrogens (tertiary/aromatic N) is 1. The van der Waals surface area contributed by atoms with Gasteiger partial charge in [0, 0.05) is 31.0 Å². The fourth-order valence-corrected chi connectivity index (χ4v) is 2.65. The van der Waals surface area contributed by atoms with Gasteiger partial charge in [0.25, 0.3) is 0 Å². The third kappa shape index (κ3) is 4.67. The molecule has 0 unspecified atom stereocenters. The van der Waals surface area contributed by atoms with Crippen LogP contribution in [0.2, 0.25) is 0 Å². The first kappa shape index (κ1) is 15.7. The first-order valence-electron chi connectivity index (χ1n) is 7.51. The minimum atomic E-state index is -0.340. The molecule has 0 saturated carbocycles. The molecule has 2 N–H and O–H groups in total. The molecule has 6 heteroatoms. The van der Waals surface area contributed by atoms with E-state index in [0.717, 1.165) is 30.7 Å². The molecule has 1 fully saturated rings. The summed E-state index contributed by atoms with van der Waals surface area (Å²) in [5, 5.41) is 2.92. The van der Waals surface area contributed by atoms with E-state index in [-0.39, 0.29) is 17.7 Å². The molecule has 116 valence electrons. The molecule has 2 rings (SSSR count). The van der Waals surface area contributed by atoms with Crippen molar-refractivity contribution in [1.29, 1.82) is 0 Å². The van der Waals surface area contributed by atoms with Crippen molar-refractivity contribution in [2.45, 2.75) is 52.1 Å². The van der Waals surface area contributed by atoms with Crippen molar-refractivity contribution < 1.29 is 9.53 Å². The number of amides is 1. The Morgan fingerprint density at radius 1 is 1.43 bits per heavy atom. The first-order chi connectivity index (χ1) is 10.1. The zero-order valence-electron chi connectivity index (χ0n) is 12.7. The van der Waals surface area contributed by atoms with Crippen LogP contribution in [0.1, 0.15) is 42.6 Å². The number of aromatic nitrogens is 2. The van der Waals surface area contributed by atoms with E-state index in [2.05, 4.69) is 15.3 Å². The standard InChI is InChI=1S/C15H23N3O3/c1-10-13(11(2)18-15(20)17-10)6-7-14(19)16-9-12-5-3-4-8-21-12/h12H,3-9H2,1-2H3,(H,16,19)(H,17,18,20)/t12-/m1/s1. The Balaban J connectivity index is 1.80. The number of carbonyl (C=O) groups is 1. The van der Waals surface area contributed by atoms with Crippen LogP contribution in [-0.2, 0) is 16.0 Å². The predicted molar refractivity (Wildman–Crippen MR) is 79.3 cm³/mol. The van der Waals surface area contributed by atoms with Crippen LogP contribution >= 0.6 is 0 Å². The van der Waals surface area contributed by atoms with Gasteiger partial charge in [0.1, 0.15) is 0 Å². The van der Waals surface area contributed by atoms with Gasteiger partial charge in [-0.2, -0.15) is 4.98 Å². The van der Waals surface area contributed by atoms with Crippen molar-refractivity contribution in [2.75, 3.05) is 13.2 Å². The number of ether oxygens (including phenoxy) is 1. The molecule has 21 heavy (non-hydrogen) atoms. The van der Waals surface area contributed by atoms with E-state index in [4.69, 9.17) is 4.74 Å². The molecule has 1 aliphatic heterocycles. The molecule has 0 spiro atoms. The highest BCUT2D eigenvalue weighted by Crippen LogP contribution is 2.12. The van der Waals surface area contributed by atoms with Crippen molar-refractivity contribution in [2.24, 2.45) is 0 Å². The topological polar surface area (TPSA) is 84.1 Å². The maximum Gasteiger partial charge on any atom is 0.345 e. The molecule has 1 amide bonds. The largest absolute Gasteiger partial charge is 0.376 e. The molecular weight excluding hydrogens is 270 g/mol. The third-order valence-electron chi connectivity index (χ3n) is 3.86. The summed E-state index contributed by atoms with van der Waals surface area (Å²) in [5.41, 5.74) is 2.09. The molecule has 0 aliphatic carbocycles. The number of carbonyl (C=O) groups excluding carboxylic acids is 1. The summed E-state index contributed by atoms with van der Waals surface area (Å²) in [6, 6.07) is 0. The van der Waals surface area contributed by atoms with E-state index in [0.29, 0.717) is 25.1 Å². The number of rotatable bonds is 5. The van der Waals surface area contributed by atoms with Gasteiger partial charge in [-0.3, -0.25) is 4.79 Å². The normalized spacial score (nSPS) is 18.5. The number of nitrogens with one attached hydrogen (secondary N) is 2. The monoisotopic (exact) mass is 293 g/mol. The molecule has 1 saturated heterocycles. The van der Waals surface area contributed by atoms with Crippen molar-refractivity contribution in [3.63, 3.8) is 0 Å². The highest BCUT2D eigenvalue weighted by Gasteiger charge is 2.15. The Labute approximate surface area is 124 Å². The van der Waals surface area contributed by atoms with Crippen LogP contribution in [0.4, 0.5) is 0 Å². The number of aromatic amines is 1. The second-order valence-electron chi connectivity index (χ2n) is 5.52. The number of hydrogen-bond acceptors (Lipinski definition) is 4. The van der Waals surface area contributed by atoms with Crippen molar-refractivity contribution in [1.82, 2.24) is 15.3 Å². The van der Waals surface area contributed by atoms with Gasteiger partial charge in [0.2, 0.25) is 5.91 Å². The summed E-state index contributed by atoms with van der Waals surface area (Å²) in [7, 11) is 0. The Morgan fingerprint density at radius 3 is 2.90 bits per heavy atom. The molecule has 1 aliphatic rings. The third-order valence-corrected chi connectivity index (χ3v) is 3.86. The van der Waals surface area contributed by atoms with Crippen LogP contribution in [0.25, 0.3) is 0 Å². The van der Waals surface area contributed by atoms with Crippen LogP contribution in [-0.4, -0.2) is 35.1 Å². The number of H-pyrrole nitrogens is 1.